The number of amidine groups is 1. The van der Waals surface area contributed by atoms with Gasteiger partial charge < -0.3 is 0 Å². The first-order valence-corrected chi connectivity index (χ1v) is 3.58. The van der Waals surface area contributed by atoms with Crippen molar-refractivity contribution in [2.24, 2.45) is 4.99 Å². The molecule has 0 saturated carbocycles. The van der Waals surface area contributed by atoms with Crippen LogP contribution < -0.4 is 0 Å². The summed E-state index contributed by atoms with van der Waals surface area (Å²) in [5.74, 6) is 0.772. The Morgan fingerprint density at radius 2 is 2.55 bits per heavy atom. The van der Waals surface area contributed by atoms with Gasteiger partial charge in [0.15, 0.2) is 0 Å². The molecule has 62 valence electrons. The molecule has 5 heteroatoms. The molecule has 0 N–H and O–H groups in total. The molecule has 0 bridgehead atoms. The van der Waals surface area contributed by atoms with Gasteiger partial charge in [-0.25, -0.2) is 0 Å². The van der Waals surface area contributed by atoms with Crippen LogP contribution in [0.4, 0.5) is 0 Å². The van der Waals surface area contributed by atoms with Crippen molar-refractivity contribution >= 4 is 5.84 Å². The van der Waals surface area contributed by atoms with Crippen LogP contribution in [0, 0.1) is 10.1 Å². The van der Waals surface area contributed by atoms with E-state index in [1.165, 1.54) is 0 Å². The average molecular weight is 157 g/mol. The largest absolute Gasteiger partial charge is 0.307 e. The molecule has 0 aromatic heterocycles. The summed E-state index contributed by atoms with van der Waals surface area (Å²) in [7, 11) is 0. The Bertz CT molecular complexity index is 202. The lowest BCUT2D eigenvalue weighted by molar-refractivity contribution is -0.539. The second kappa shape index (κ2) is 2.86. The van der Waals surface area contributed by atoms with E-state index in [1.54, 1.807) is 11.8 Å². The number of nitro groups is 1. The van der Waals surface area contributed by atoms with Crippen molar-refractivity contribution < 1.29 is 4.92 Å². The van der Waals surface area contributed by atoms with Gasteiger partial charge in [-0.05, 0) is 13.8 Å². The van der Waals surface area contributed by atoms with Crippen molar-refractivity contribution in [1.29, 1.82) is 0 Å². The third kappa shape index (κ3) is 1.31. The number of rotatable bonds is 2. The fourth-order valence-electron chi connectivity index (χ4n) is 1.24. The zero-order valence-corrected chi connectivity index (χ0v) is 6.65. The molecule has 1 aliphatic rings. The van der Waals surface area contributed by atoms with Crippen molar-refractivity contribution in [1.82, 2.24) is 4.90 Å². The maximum atomic E-state index is 10.4. The molecular formula is C6H11N3O2. The van der Waals surface area contributed by atoms with Gasteiger partial charge in [0.2, 0.25) is 0 Å². The average Bonchev–Trinajstić information content (AvgIpc) is 2.30. The molecular weight excluding hydrogens is 146 g/mol. The summed E-state index contributed by atoms with van der Waals surface area (Å²) in [4.78, 5) is 15.8. The normalized spacial score (nSPS) is 23.6. The lowest BCUT2D eigenvalue weighted by Crippen LogP contribution is -2.40. The Morgan fingerprint density at radius 1 is 1.91 bits per heavy atom. The van der Waals surface area contributed by atoms with Crippen LogP contribution >= 0.6 is 0 Å². The zero-order valence-electron chi connectivity index (χ0n) is 6.65. The molecule has 0 saturated heterocycles. The standard InChI is InChI=1S/C6H11N3O2/c1-3-8-5(2)7-4-6(8)9(10)11/h6H,3-4H2,1-2H3. The van der Waals surface area contributed by atoms with Gasteiger partial charge in [-0.3, -0.25) is 20.0 Å². The maximum Gasteiger partial charge on any atom is 0.307 e. The Labute approximate surface area is 64.9 Å². The van der Waals surface area contributed by atoms with E-state index in [2.05, 4.69) is 4.99 Å². The summed E-state index contributed by atoms with van der Waals surface area (Å²) >= 11 is 0. The Morgan fingerprint density at radius 3 is 2.91 bits per heavy atom. The van der Waals surface area contributed by atoms with Crippen LogP contribution in [-0.4, -0.2) is 34.9 Å². The highest BCUT2D eigenvalue weighted by Gasteiger charge is 2.32. The maximum absolute atomic E-state index is 10.4. The van der Waals surface area contributed by atoms with Gasteiger partial charge in [0, 0.05) is 11.5 Å². The molecule has 0 fully saturated rings. The lowest BCUT2D eigenvalue weighted by Gasteiger charge is -2.17. The van der Waals surface area contributed by atoms with E-state index in [0.29, 0.717) is 13.1 Å². The van der Waals surface area contributed by atoms with Gasteiger partial charge >= 0.3 is 6.17 Å². The van der Waals surface area contributed by atoms with Crippen LogP contribution in [0.1, 0.15) is 13.8 Å². The molecule has 1 heterocycles. The molecule has 0 aromatic rings. The first-order chi connectivity index (χ1) is 5.16. The minimum Gasteiger partial charge on any atom is -0.297 e. The van der Waals surface area contributed by atoms with E-state index in [4.69, 9.17) is 0 Å². The highest BCUT2D eigenvalue weighted by Crippen LogP contribution is 2.09. The Balaban J connectivity index is 2.68. The number of likely N-dealkylation sites (N-methyl/N-ethyl adjacent to an activating group) is 1. The van der Waals surface area contributed by atoms with E-state index in [1.807, 2.05) is 6.92 Å². The van der Waals surface area contributed by atoms with Crippen molar-refractivity contribution in [2.75, 3.05) is 13.1 Å². The van der Waals surface area contributed by atoms with E-state index in [0.717, 1.165) is 5.84 Å². The quantitative estimate of drug-likeness (QED) is 0.429. The van der Waals surface area contributed by atoms with Crippen molar-refractivity contribution in [3.05, 3.63) is 10.1 Å². The summed E-state index contributed by atoms with van der Waals surface area (Å²) in [5.41, 5.74) is 0. The van der Waals surface area contributed by atoms with Gasteiger partial charge in [0.25, 0.3) is 0 Å². The first-order valence-electron chi connectivity index (χ1n) is 3.58. The SMILES string of the molecule is CCN1C(C)=NCC1[N+](=O)[O-]. The monoisotopic (exact) mass is 157 g/mol. The molecule has 1 aliphatic heterocycles. The van der Waals surface area contributed by atoms with E-state index in [9.17, 15) is 10.1 Å². The zero-order chi connectivity index (χ0) is 8.43. The van der Waals surface area contributed by atoms with Crippen LogP contribution in [0.5, 0.6) is 0 Å². The molecule has 1 atom stereocenters. The summed E-state index contributed by atoms with van der Waals surface area (Å²) < 4.78 is 0. The van der Waals surface area contributed by atoms with E-state index in [-0.39, 0.29) is 4.92 Å². The minimum absolute atomic E-state index is 0.288. The van der Waals surface area contributed by atoms with Gasteiger partial charge in [0.1, 0.15) is 12.4 Å². The fourth-order valence-corrected chi connectivity index (χ4v) is 1.24. The van der Waals surface area contributed by atoms with Crippen molar-refractivity contribution in [2.45, 2.75) is 20.0 Å². The topological polar surface area (TPSA) is 58.7 Å². The van der Waals surface area contributed by atoms with Crippen LogP contribution in [0.2, 0.25) is 0 Å². The molecule has 5 nitrogen and oxygen atoms in total. The third-order valence-corrected chi connectivity index (χ3v) is 1.84. The van der Waals surface area contributed by atoms with Crippen LogP contribution in [0.3, 0.4) is 0 Å². The lowest BCUT2D eigenvalue weighted by atomic mass is 10.4. The second-order valence-corrected chi connectivity index (χ2v) is 2.44. The summed E-state index contributed by atoms with van der Waals surface area (Å²) in [6.07, 6.45) is -0.625. The van der Waals surface area contributed by atoms with Gasteiger partial charge in [-0.1, -0.05) is 0 Å². The molecule has 0 spiro atoms. The predicted octanol–water partition coefficient (Wildman–Crippen LogP) is 0.343. The van der Waals surface area contributed by atoms with Crippen LogP contribution in [-0.2, 0) is 0 Å². The number of nitrogens with zero attached hydrogens (tertiary/aromatic N) is 3. The Hall–Kier alpha value is -1.13. The molecule has 11 heavy (non-hydrogen) atoms. The summed E-state index contributed by atoms with van der Waals surface area (Å²) in [6.45, 7) is 4.64. The molecule has 1 unspecified atom stereocenters. The number of hydrogen-bond donors (Lipinski definition) is 0. The van der Waals surface area contributed by atoms with Crippen molar-refractivity contribution in [3.8, 4) is 0 Å². The van der Waals surface area contributed by atoms with Gasteiger partial charge in [-0.15, -0.1) is 0 Å². The molecule has 0 radical (unpaired) electrons. The van der Waals surface area contributed by atoms with Gasteiger partial charge in [-0.2, -0.15) is 0 Å². The number of aliphatic imine (C=N–C) groups is 1. The smallest absolute Gasteiger partial charge is 0.297 e. The summed E-state index contributed by atoms with van der Waals surface area (Å²) in [6, 6.07) is 0. The first kappa shape index (κ1) is 7.97. The van der Waals surface area contributed by atoms with E-state index < -0.39 is 6.17 Å². The van der Waals surface area contributed by atoms with E-state index >= 15 is 0 Å². The minimum atomic E-state index is -0.625. The molecule has 1 rings (SSSR count). The third-order valence-electron chi connectivity index (χ3n) is 1.84. The van der Waals surface area contributed by atoms with Gasteiger partial charge in [0.05, 0.1) is 0 Å². The molecule has 0 aliphatic carbocycles. The fraction of sp³-hybridized carbons (Fsp3) is 0.833. The predicted molar refractivity (Wildman–Crippen MR) is 41.1 cm³/mol. The van der Waals surface area contributed by atoms with Crippen molar-refractivity contribution in [3.63, 3.8) is 0 Å². The highest BCUT2D eigenvalue weighted by molar-refractivity contribution is 5.81. The Kier molecular flexibility index (Phi) is 2.07. The highest BCUT2D eigenvalue weighted by atomic mass is 16.6. The number of hydrogen-bond acceptors (Lipinski definition) is 4. The molecule has 0 amide bonds. The van der Waals surface area contributed by atoms with Crippen LogP contribution in [0.15, 0.2) is 4.99 Å². The molecule has 0 aromatic carbocycles. The second-order valence-electron chi connectivity index (χ2n) is 2.44. The summed E-state index contributed by atoms with van der Waals surface area (Å²) in [5, 5.41) is 10.4. The van der Waals surface area contributed by atoms with Crippen LogP contribution in [0.25, 0.3) is 0 Å².